The SMILES string of the molecule is Cc1cc(=O)c2c(OCC3COC(C)(C)O3)ncc(Cl)c2n1-c1c(Cl)cc(C#CC(C)N)cc1Cl. The molecule has 35 heavy (non-hydrogen) atoms. The Labute approximate surface area is 218 Å². The number of halogens is 3. The zero-order chi connectivity index (χ0) is 25.5. The highest BCUT2D eigenvalue weighted by atomic mass is 35.5. The van der Waals surface area contributed by atoms with Crippen LogP contribution in [0.3, 0.4) is 0 Å². The number of aryl methyl sites for hydroxylation is 1. The predicted molar refractivity (Wildman–Crippen MR) is 138 cm³/mol. The summed E-state index contributed by atoms with van der Waals surface area (Å²) in [5.41, 5.74) is 7.45. The van der Waals surface area contributed by atoms with Gasteiger partial charge in [-0.15, -0.1) is 0 Å². The fourth-order valence-electron chi connectivity index (χ4n) is 3.87. The van der Waals surface area contributed by atoms with Gasteiger partial charge in [0.1, 0.15) is 18.1 Å². The lowest BCUT2D eigenvalue weighted by molar-refractivity contribution is -0.141. The first-order valence-electron chi connectivity index (χ1n) is 10.9. The quantitative estimate of drug-likeness (QED) is 0.478. The van der Waals surface area contributed by atoms with E-state index in [1.807, 2.05) is 13.8 Å². The first-order valence-corrected chi connectivity index (χ1v) is 12.0. The van der Waals surface area contributed by atoms with Crippen molar-refractivity contribution in [3.8, 4) is 23.4 Å². The lowest BCUT2D eigenvalue weighted by Gasteiger charge is -2.20. The van der Waals surface area contributed by atoms with Gasteiger partial charge in [0.2, 0.25) is 5.88 Å². The zero-order valence-corrected chi connectivity index (χ0v) is 21.9. The minimum atomic E-state index is -0.695. The number of ether oxygens (including phenoxy) is 3. The van der Waals surface area contributed by atoms with Gasteiger partial charge >= 0.3 is 0 Å². The van der Waals surface area contributed by atoms with Gasteiger partial charge in [-0.2, -0.15) is 0 Å². The molecule has 3 heterocycles. The van der Waals surface area contributed by atoms with E-state index >= 15 is 0 Å². The number of nitrogens with two attached hydrogens (primary N) is 1. The molecule has 0 bridgehead atoms. The summed E-state index contributed by atoms with van der Waals surface area (Å²) in [4.78, 5) is 17.4. The Morgan fingerprint density at radius 2 is 1.94 bits per heavy atom. The molecule has 2 atom stereocenters. The van der Waals surface area contributed by atoms with Crippen LogP contribution >= 0.6 is 34.8 Å². The minimum Gasteiger partial charge on any atom is -0.474 e. The van der Waals surface area contributed by atoms with Crippen molar-refractivity contribution < 1.29 is 14.2 Å². The minimum absolute atomic E-state index is 0.128. The second-order valence-corrected chi connectivity index (χ2v) is 9.95. The fraction of sp³-hybridized carbons (Fsp3) is 0.360. The summed E-state index contributed by atoms with van der Waals surface area (Å²) >= 11 is 19.9. The summed E-state index contributed by atoms with van der Waals surface area (Å²) in [5, 5.41) is 1.10. The van der Waals surface area contributed by atoms with Gasteiger partial charge in [0.15, 0.2) is 11.2 Å². The maximum atomic E-state index is 13.1. The van der Waals surface area contributed by atoms with Crippen molar-refractivity contribution in [1.82, 2.24) is 9.55 Å². The Kier molecular flexibility index (Phi) is 7.35. The molecule has 3 aromatic rings. The van der Waals surface area contributed by atoms with E-state index in [1.165, 1.54) is 12.3 Å². The Hall–Kier alpha value is -2.31. The first kappa shape index (κ1) is 25.8. The van der Waals surface area contributed by atoms with Crippen molar-refractivity contribution in [2.45, 2.75) is 45.6 Å². The molecule has 4 rings (SSSR count). The molecule has 2 aromatic heterocycles. The van der Waals surface area contributed by atoms with Crippen LogP contribution in [-0.2, 0) is 9.47 Å². The molecule has 0 spiro atoms. The number of pyridine rings is 2. The Morgan fingerprint density at radius 1 is 1.26 bits per heavy atom. The molecular weight excluding hydrogens is 513 g/mol. The van der Waals surface area contributed by atoms with Crippen LogP contribution in [0.4, 0.5) is 0 Å². The number of fused-ring (bicyclic) bond motifs is 1. The number of aromatic nitrogens is 2. The van der Waals surface area contributed by atoms with Crippen molar-refractivity contribution in [2.24, 2.45) is 5.73 Å². The third-order valence-electron chi connectivity index (χ3n) is 5.29. The highest BCUT2D eigenvalue weighted by Gasteiger charge is 2.33. The van der Waals surface area contributed by atoms with Gasteiger partial charge in [-0.05, 0) is 39.8 Å². The summed E-state index contributed by atoms with van der Waals surface area (Å²) in [7, 11) is 0. The smallest absolute Gasteiger partial charge is 0.227 e. The van der Waals surface area contributed by atoms with Crippen LogP contribution in [-0.4, -0.2) is 40.7 Å². The highest BCUT2D eigenvalue weighted by molar-refractivity contribution is 6.38. The van der Waals surface area contributed by atoms with E-state index in [4.69, 9.17) is 54.7 Å². The van der Waals surface area contributed by atoms with Gasteiger partial charge in [-0.1, -0.05) is 46.6 Å². The molecule has 1 aliphatic rings. The number of hydrogen-bond donors (Lipinski definition) is 1. The molecule has 2 unspecified atom stereocenters. The molecule has 0 amide bonds. The maximum Gasteiger partial charge on any atom is 0.227 e. The summed E-state index contributed by atoms with van der Waals surface area (Å²) in [5.74, 6) is 5.27. The molecule has 0 aliphatic carbocycles. The highest BCUT2D eigenvalue weighted by Crippen LogP contribution is 2.36. The molecule has 1 saturated heterocycles. The van der Waals surface area contributed by atoms with Gasteiger partial charge in [-0.25, -0.2) is 4.98 Å². The van der Waals surface area contributed by atoms with E-state index in [-0.39, 0.29) is 40.5 Å². The third kappa shape index (κ3) is 5.44. The van der Waals surface area contributed by atoms with E-state index in [9.17, 15) is 4.79 Å². The van der Waals surface area contributed by atoms with Crippen LogP contribution in [0.25, 0.3) is 16.6 Å². The van der Waals surface area contributed by atoms with Crippen LogP contribution in [0.5, 0.6) is 5.88 Å². The van der Waals surface area contributed by atoms with Crippen LogP contribution in [0, 0.1) is 18.8 Å². The lowest BCUT2D eigenvalue weighted by Crippen LogP contribution is -2.25. The second kappa shape index (κ2) is 9.98. The van der Waals surface area contributed by atoms with Crippen LogP contribution < -0.4 is 15.9 Å². The van der Waals surface area contributed by atoms with Crippen molar-refractivity contribution >= 4 is 45.7 Å². The maximum absolute atomic E-state index is 13.1. The number of nitrogens with zero attached hydrogens (tertiary/aromatic N) is 2. The Morgan fingerprint density at radius 3 is 2.54 bits per heavy atom. The molecule has 2 N–H and O–H groups in total. The van der Waals surface area contributed by atoms with Crippen molar-refractivity contribution in [3.05, 3.63) is 60.9 Å². The molecule has 1 fully saturated rings. The molecule has 1 aromatic carbocycles. The Balaban J connectivity index is 1.84. The normalized spacial score (nSPS) is 17.8. The van der Waals surface area contributed by atoms with Gasteiger partial charge in [0, 0.05) is 17.3 Å². The van der Waals surface area contributed by atoms with Gasteiger partial charge in [-0.3, -0.25) is 4.79 Å². The Bertz CT molecular complexity index is 1400. The van der Waals surface area contributed by atoms with Crippen LogP contribution in [0.2, 0.25) is 15.1 Å². The summed E-state index contributed by atoms with van der Waals surface area (Å²) in [6.45, 7) is 7.71. The molecule has 184 valence electrons. The van der Waals surface area contributed by atoms with Gasteiger partial charge < -0.3 is 24.5 Å². The second-order valence-electron chi connectivity index (χ2n) is 8.73. The van der Waals surface area contributed by atoms with E-state index in [0.717, 1.165) is 0 Å². The average molecular weight is 537 g/mol. The largest absolute Gasteiger partial charge is 0.474 e. The topological polar surface area (TPSA) is 88.6 Å². The van der Waals surface area contributed by atoms with E-state index in [0.29, 0.717) is 39.1 Å². The standard InChI is InChI=1S/C25H24Cl3N3O4/c1-13(29)5-6-15-8-17(26)22(18(27)9-15)31-14(2)7-20(32)21-23(31)19(28)10-30-24(21)33-11-16-12-34-25(3,4)35-16/h7-10,13,16H,11-12,29H2,1-4H3. The molecule has 0 radical (unpaired) electrons. The fourth-order valence-corrected chi connectivity index (χ4v) is 4.75. The lowest BCUT2D eigenvalue weighted by atomic mass is 10.1. The predicted octanol–water partition coefficient (Wildman–Crippen LogP) is 4.88. The summed E-state index contributed by atoms with van der Waals surface area (Å²) in [6, 6.07) is 4.54. The number of benzene rings is 1. The average Bonchev–Trinajstić information content (AvgIpc) is 3.11. The monoisotopic (exact) mass is 535 g/mol. The van der Waals surface area contributed by atoms with Crippen molar-refractivity contribution in [1.29, 1.82) is 0 Å². The van der Waals surface area contributed by atoms with Crippen LogP contribution in [0.15, 0.2) is 29.2 Å². The van der Waals surface area contributed by atoms with E-state index in [2.05, 4.69) is 16.8 Å². The number of hydrogen-bond acceptors (Lipinski definition) is 6. The molecule has 7 nitrogen and oxygen atoms in total. The first-order chi connectivity index (χ1) is 16.5. The summed E-state index contributed by atoms with van der Waals surface area (Å²) < 4.78 is 19.0. The van der Waals surface area contributed by atoms with Crippen LogP contribution in [0.1, 0.15) is 32.0 Å². The molecule has 1 aliphatic heterocycles. The van der Waals surface area contributed by atoms with Crippen molar-refractivity contribution in [2.75, 3.05) is 13.2 Å². The summed E-state index contributed by atoms with van der Waals surface area (Å²) in [6.07, 6.45) is 1.12. The van der Waals surface area contributed by atoms with Crippen molar-refractivity contribution in [3.63, 3.8) is 0 Å². The molecule has 0 saturated carbocycles. The molecule has 10 heteroatoms. The third-order valence-corrected chi connectivity index (χ3v) is 6.15. The zero-order valence-electron chi connectivity index (χ0n) is 19.6. The van der Waals surface area contributed by atoms with E-state index in [1.54, 1.807) is 30.5 Å². The van der Waals surface area contributed by atoms with E-state index < -0.39 is 5.79 Å². The molecular formula is C25H24Cl3N3O4. The van der Waals surface area contributed by atoms with Gasteiger partial charge in [0.05, 0.1) is 45.1 Å². The number of rotatable bonds is 4. The van der Waals surface area contributed by atoms with Gasteiger partial charge in [0.25, 0.3) is 0 Å².